The minimum Gasteiger partial charge on any atom is -0.380 e. The van der Waals surface area contributed by atoms with E-state index in [9.17, 15) is 0 Å². The van der Waals surface area contributed by atoms with Gasteiger partial charge in [0.15, 0.2) is 0 Å². The molecule has 2 atom stereocenters. The molecule has 1 aliphatic carbocycles. The molecule has 0 aromatic heterocycles. The second-order valence-electron chi connectivity index (χ2n) is 6.34. The maximum absolute atomic E-state index is 6.18. The van der Waals surface area contributed by atoms with Gasteiger partial charge in [-0.15, -0.1) is 11.6 Å². The molecule has 0 amide bonds. The van der Waals surface area contributed by atoms with Crippen LogP contribution in [-0.4, -0.2) is 31.2 Å². The van der Waals surface area contributed by atoms with Crippen molar-refractivity contribution in [3.8, 4) is 0 Å². The highest BCUT2D eigenvalue weighted by atomic mass is 35.5. The minimum atomic E-state index is 0.167. The Labute approximate surface area is 118 Å². The Morgan fingerprint density at radius 1 is 1.39 bits per heavy atom. The molecule has 1 N–H and O–H groups in total. The Morgan fingerprint density at radius 3 is 2.78 bits per heavy atom. The summed E-state index contributed by atoms with van der Waals surface area (Å²) in [5.41, 5.74) is 0.167. The van der Waals surface area contributed by atoms with E-state index in [1.54, 1.807) is 0 Å². The predicted molar refractivity (Wildman–Crippen MR) is 79.4 cm³/mol. The lowest BCUT2D eigenvalue weighted by molar-refractivity contribution is 0.112. The van der Waals surface area contributed by atoms with Crippen molar-refractivity contribution in [2.24, 2.45) is 11.8 Å². The third-order valence-electron chi connectivity index (χ3n) is 3.93. The van der Waals surface area contributed by atoms with Gasteiger partial charge in [0.05, 0.1) is 6.61 Å². The highest BCUT2D eigenvalue weighted by Crippen LogP contribution is 2.32. The average Bonchev–Trinajstić information content (AvgIpc) is 2.33. The molecular weight excluding hydrogens is 246 g/mol. The Morgan fingerprint density at radius 2 is 2.17 bits per heavy atom. The van der Waals surface area contributed by atoms with Gasteiger partial charge in [0.2, 0.25) is 0 Å². The molecule has 0 saturated heterocycles. The van der Waals surface area contributed by atoms with Crippen LogP contribution in [0.3, 0.4) is 0 Å². The predicted octanol–water partition coefficient (Wildman–Crippen LogP) is 3.83. The van der Waals surface area contributed by atoms with Gasteiger partial charge >= 0.3 is 0 Å². The van der Waals surface area contributed by atoms with Crippen LogP contribution in [0.1, 0.15) is 52.9 Å². The van der Waals surface area contributed by atoms with E-state index in [0.29, 0.717) is 0 Å². The van der Waals surface area contributed by atoms with Crippen LogP contribution < -0.4 is 5.32 Å². The van der Waals surface area contributed by atoms with Crippen molar-refractivity contribution in [1.82, 2.24) is 5.32 Å². The third-order valence-corrected chi connectivity index (χ3v) is 4.44. The summed E-state index contributed by atoms with van der Waals surface area (Å²) in [4.78, 5) is 0. The monoisotopic (exact) mass is 275 g/mol. The summed E-state index contributed by atoms with van der Waals surface area (Å²) in [6.07, 6.45) is 6.23. The lowest BCUT2D eigenvalue weighted by Crippen LogP contribution is -2.51. The van der Waals surface area contributed by atoms with Crippen molar-refractivity contribution in [2.45, 2.75) is 58.4 Å². The molecule has 2 unspecified atom stereocenters. The van der Waals surface area contributed by atoms with E-state index in [4.69, 9.17) is 16.3 Å². The van der Waals surface area contributed by atoms with Gasteiger partial charge in [0.25, 0.3) is 0 Å². The minimum absolute atomic E-state index is 0.167. The van der Waals surface area contributed by atoms with Gasteiger partial charge in [-0.2, -0.15) is 0 Å². The van der Waals surface area contributed by atoms with E-state index < -0.39 is 0 Å². The standard InChI is InChI=1S/C15H30ClNO/c1-13(2)6-9-18-10-8-17-15(12-16)7-4-5-14(3)11-15/h13-14,17H,4-12H2,1-3H3. The van der Waals surface area contributed by atoms with Crippen molar-refractivity contribution in [3.05, 3.63) is 0 Å². The van der Waals surface area contributed by atoms with Gasteiger partial charge < -0.3 is 10.1 Å². The number of halogens is 1. The van der Waals surface area contributed by atoms with Crippen LogP contribution in [0.15, 0.2) is 0 Å². The number of nitrogens with one attached hydrogen (secondary N) is 1. The van der Waals surface area contributed by atoms with E-state index in [2.05, 4.69) is 26.1 Å². The molecule has 0 aromatic carbocycles. The summed E-state index contributed by atoms with van der Waals surface area (Å²) in [5, 5.41) is 3.65. The van der Waals surface area contributed by atoms with Crippen LogP contribution >= 0.6 is 11.6 Å². The van der Waals surface area contributed by atoms with Crippen LogP contribution in [-0.2, 0) is 4.74 Å². The van der Waals surface area contributed by atoms with Crippen LogP contribution in [0.5, 0.6) is 0 Å². The zero-order valence-electron chi connectivity index (χ0n) is 12.3. The molecule has 1 rings (SSSR count). The molecule has 2 nitrogen and oxygen atoms in total. The zero-order valence-corrected chi connectivity index (χ0v) is 13.1. The van der Waals surface area contributed by atoms with E-state index in [0.717, 1.165) is 43.9 Å². The van der Waals surface area contributed by atoms with Crippen molar-refractivity contribution < 1.29 is 4.74 Å². The quantitative estimate of drug-likeness (QED) is 0.537. The first-order valence-electron chi connectivity index (χ1n) is 7.47. The molecule has 0 heterocycles. The van der Waals surface area contributed by atoms with E-state index in [1.807, 2.05) is 0 Å². The second-order valence-corrected chi connectivity index (χ2v) is 6.60. The van der Waals surface area contributed by atoms with Crippen molar-refractivity contribution >= 4 is 11.6 Å². The second kappa shape index (κ2) is 8.39. The number of alkyl halides is 1. The number of hydrogen-bond donors (Lipinski definition) is 1. The molecule has 18 heavy (non-hydrogen) atoms. The molecule has 0 aromatic rings. The van der Waals surface area contributed by atoms with Gasteiger partial charge in [0, 0.05) is 24.6 Å². The molecular formula is C15H30ClNO. The topological polar surface area (TPSA) is 21.3 Å². The molecule has 1 saturated carbocycles. The Bertz CT molecular complexity index is 223. The SMILES string of the molecule is CC(C)CCOCCNC1(CCl)CCCC(C)C1. The normalized spacial score (nSPS) is 28.8. The lowest BCUT2D eigenvalue weighted by atomic mass is 9.77. The molecule has 3 heteroatoms. The van der Waals surface area contributed by atoms with Crippen LogP contribution in [0.25, 0.3) is 0 Å². The fraction of sp³-hybridized carbons (Fsp3) is 1.00. The highest BCUT2D eigenvalue weighted by molar-refractivity contribution is 6.18. The number of hydrogen-bond acceptors (Lipinski definition) is 2. The molecule has 108 valence electrons. The van der Waals surface area contributed by atoms with Gasteiger partial charge in [-0.1, -0.05) is 33.6 Å². The molecule has 1 fully saturated rings. The largest absolute Gasteiger partial charge is 0.380 e. The highest BCUT2D eigenvalue weighted by Gasteiger charge is 2.33. The summed E-state index contributed by atoms with van der Waals surface area (Å²) in [7, 11) is 0. The van der Waals surface area contributed by atoms with Crippen LogP contribution in [0.2, 0.25) is 0 Å². The number of rotatable bonds is 8. The van der Waals surface area contributed by atoms with Crippen LogP contribution in [0, 0.1) is 11.8 Å². The van der Waals surface area contributed by atoms with Gasteiger partial charge in [-0.05, 0) is 31.1 Å². The molecule has 1 aliphatic rings. The first-order chi connectivity index (χ1) is 8.58. The zero-order chi connectivity index (χ0) is 13.4. The maximum Gasteiger partial charge on any atom is 0.0591 e. The summed E-state index contributed by atoms with van der Waals surface area (Å²) >= 11 is 6.18. The van der Waals surface area contributed by atoms with Crippen LogP contribution in [0.4, 0.5) is 0 Å². The first kappa shape index (κ1) is 16.3. The third kappa shape index (κ3) is 5.90. The Kier molecular flexibility index (Phi) is 7.59. The summed E-state index contributed by atoms with van der Waals surface area (Å²) in [5.74, 6) is 2.25. The average molecular weight is 276 g/mol. The number of ether oxygens (including phenoxy) is 1. The van der Waals surface area contributed by atoms with Gasteiger partial charge in [-0.3, -0.25) is 0 Å². The summed E-state index contributed by atoms with van der Waals surface area (Å²) in [6, 6.07) is 0. The van der Waals surface area contributed by atoms with E-state index in [1.165, 1.54) is 25.7 Å². The van der Waals surface area contributed by atoms with Gasteiger partial charge in [-0.25, -0.2) is 0 Å². The molecule has 0 aliphatic heterocycles. The first-order valence-corrected chi connectivity index (χ1v) is 8.00. The lowest BCUT2D eigenvalue weighted by Gasteiger charge is -2.39. The maximum atomic E-state index is 6.18. The molecule has 0 radical (unpaired) electrons. The van der Waals surface area contributed by atoms with Gasteiger partial charge in [0.1, 0.15) is 0 Å². The van der Waals surface area contributed by atoms with E-state index in [-0.39, 0.29) is 5.54 Å². The Balaban J connectivity index is 2.15. The Hall–Kier alpha value is 0.210. The molecule has 0 spiro atoms. The summed E-state index contributed by atoms with van der Waals surface area (Å²) in [6.45, 7) is 9.41. The fourth-order valence-electron chi connectivity index (χ4n) is 2.80. The van der Waals surface area contributed by atoms with E-state index >= 15 is 0 Å². The van der Waals surface area contributed by atoms with Crippen molar-refractivity contribution in [2.75, 3.05) is 25.6 Å². The fourth-order valence-corrected chi connectivity index (χ4v) is 3.14. The summed E-state index contributed by atoms with van der Waals surface area (Å²) < 4.78 is 5.65. The van der Waals surface area contributed by atoms with Crippen molar-refractivity contribution in [3.63, 3.8) is 0 Å². The van der Waals surface area contributed by atoms with Crippen molar-refractivity contribution in [1.29, 1.82) is 0 Å². The molecule has 0 bridgehead atoms. The smallest absolute Gasteiger partial charge is 0.0591 e.